The van der Waals surface area contributed by atoms with Crippen molar-refractivity contribution in [3.63, 3.8) is 0 Å². The van der Waals surface area contributed by atoms with Crippen molar-refractivity contribution in [2.45, 2.75) is 13.3 Å². The first kappa shape index (κ1) is 11.0. The van der Waals surface area contributed by atoms with Gasteiger partial charge in [0.25, 0.3) is 0 Å². The Kier molecular flexibility index (Phi) is 2.60. The van der Waals surface area contributed by atoms with Crippen molar-refractivity contribution in [2.24, 2.45) is 0 Å². The molecule has 1 nitrogen and oxygen atoms in total. The summed E-state index contributed by atoms with van der Waals surface area (Å²) in [6.07, 6.45) is 2.78. The highest BCUT2D eigenvalue weighted by Crippen LogP contribution is 2.27. The van der Waals surface area contributed by atoms with Crippen molar-refractivity contribution in [1.82, 2.24) is 0 Å². The molecular formula is C17H14O. The van der Waals surface area contributed by atoms with Crippen molar-refractivity contribution in [3.05, 3.63) is 76.4 Å². The summed E-state index contributed by atoms with van der Waals surface area (Å²) in [7, 11) is 0. The second-order valence-electron chi connectivity index (χ2n) is 4.69. The van der Waals surface area contributed by atoms with Gasteiger partial charge in [0.05, 0.1) is 0 Å². The van der Waals surface area contributed by atoms with Gasteiger partial charge in [0.2, 0.25) is 0 Å². The molecule has 88 valence electrons. The molecule has 0 radical (unpaired) electrons. The first-order chi connectivity index (χ1) is 8.75. The van der Waals surface area contributed by atoms with Gasteiger partial charge >= 0.3 is 0 Å². The fourth-order valence-electron chi connectivity index (χ4n) is 2.41. The number of carbonyl (C=O) groups is 1. The summed E-state index contributed by atoms with van der Waals surface area (Å²) < 4.78 is 0. The number of fused-ring (bicyclic) bond motifs is 1. The summed E-state index contributed by atoms with van der Waals surface area (Å²) in [6.45, 7) is 2.07. The van der Waals surface area contributed by atoms with E-state index in [2.05, 4.69) is 19.1 Å². The second-order valence-corrected chi connectivity index (χ2v) is 4.69. The first-order valence-corrected chi connectivity index (χ1v) is 6.14. The van der Waals surface area contributed by atoms with E-state index >= 15 is 0 Å². The van der Waals surface area contributed by atoms with E-state index in [-0.39, 0.29) is 5.78 Å². The average molecular weight is 234 g/mol. The molecule has 0 N–H and O–H groups in total. The summed E-state index contributed by atoms with van der Waals surface area (Å²) in [6, 6.07) is 16.0. The molecule has 2 aromatic carbocycles. The maximum absolute atomic E-state index is 12.2. The van der Waals surface area contributed by atoms with Crippen LogP contribution in [0.15, 0.2) is 54.1 Å². The van der Waals surface area contributed by atoms with Crippen LogP contribution >= 0.6 is 0 Å². The van der Waals surface area contributed by atoms with Gasteiger partial charge in [0, 0.05) is 17.6 Å². The molecule has 0 spiro atoms. The van der Waals surface area contributed by atoms with Crippen molar-refractivity contribution < 1.29 is 4.79 Å². The first-order valence-electron chi connectivity index (χ1n) is 6.14. The Morgan fingerprint density at radius 1 is 1.00 bits per heavy atom. The summed E-state index contributed by atoms with van der Waals surface area (Å²) >= 11 is 0. The lowest BCUT2D eigenvalue weighted by Crippen LogP contribution is -1.95. The lowest BCUT2D eigenvalue weighted by molar-refractivity contribution is 0.104. The predicted octanol–water partition coefficient (Wildman–Crippen LogP) is 3.82. The number of ketones is 1. The summed E-state index contributed by atoms with van der Waals surface area (Å²) in [5.74, 6) is 0.175. The molecule has 0 aliphatic heterocycles. The van der Waals surface area contributed by atoms with Gasteiger partial charge in [0.15, 0.2) is 5.78 Å². The molecule has 3 rings (SSSR count). The molecule has 1 aliphatic rings. The fourth-order valence-corrected chi connectivity index (χ4v) is 2.41. The highest BCUT2D eigenvalue weighted by Gasteiger charge is 2.23. The van der Waals surface area contributed by atoms with Gasteiger partial charge in [0.1, 0.15) is 0 Å². The van der Waals surface area contributed by atoms with Gasteiger partial charge in [-0.3, -0.25) is 4.79 Å². The molecular weight excluding hydrogens is 220 g/mol. The zero-order chi connectivity index (χ0) is 12.5. The molecule has 0 heterocycles. The average Bonchev–Trinajstić information content (AvgIpc) is 2.70. The van der Waals surface area contributed by atoms with Crippen LogP contribution in [0.1, 0.15) is 27.0 Å². The molecule has 1 aliphatic carbocycles. The minimum Gasteiger partial charge on any atom is -0.289 e. The SMILES string of the molecule is Cc1ccccc1/C=C1\Cc2ccccc2C1=O. The third-order valence-corrected chi connectivity index (χ3v) is 3.45. The summed E-state index contributed by atoms with van der Waals surface area (Å²) in [5.41, 5.74) is 5.23. The van der Waals surface area contributed by atoms with Gasteiger partial charge in [-0.2, -0.15) is 0 Å². The molecule has 2 aromatic rings. The van der Waals surface area contributed by atoms with Gasteiger partial charge in [-0.15, -0.1) is 0 Å². The number of aryl methyl sites for hydroxylation is 1. The molecule has 0 amide bonds. The van der Waals surface area contributed by atoms with Gasteiger partial charge in [-0.1, -0.05) is 48.5 Å². The van der Waals surface area contributed by atoms with E-state index in [1.165, 1.54) is 5.56 Å². The summed E-state index contributed by atoms with van der Waals surface area (Å²) in [4.78, 5) is 12.2. The van der Waals surface area contributed by atoms with Crippen LogP contribution in [0, 0.1) is 6.92 Å². The number of rotatable bonds is 1. The summed E-state index contributed by atoms with van der Waals surface area (Å²) in [5, 5.41) is 0. The van der Waals surface area contributed by atoms with Crippen LogP contribution < -0.4 is 0 Å². The van der Waals surface area contributed by atoms with E-state index in [1.807, 2.05) is 42.5 Å². The number of allylic oxidation sites excluding steroid dienone is 1. The quantitative estimate of drug-likeness (QED) is 0.685. The third kappa shape index (κ3) is 1.78. The molecule has 0 unspecified atom stereocenters. The standard InChI is InChI=1S/C17H14O/c1-12-6-2-3-7-13(12)10-15-11-14-8-4-5-9-16(14)17(15)18/h2-10H,11H2,1H3/b15-10+. The maximum atomic E-state index is 12.2. The predicted molar refractivity (Wildman–Crippen MR) is 73.6 cm³/mol. The van der Waals surface area contributed by atoms with Gasteiger partial charge < -0.3 is 0 Å². The normalized spacial score (nSPS) is 16.1. The Labute approximate surface area is 107 Å². The molecule has 0 atom stereocenters. The molecule has 1 heteroatoms. The smallest absolute Gasteiger partial charge is 0.189 e. The highest BCUT2D eigenvalue weighted by molar-refractivity contribution is 6.15. The van der Waals surface area contributed by atoms with Gasteiger partial charge in [-0.05, 0) is 29.7 Å². The third-order valence-electron chi connectivity index (χ3n) is 3.45. The van der Waals surface area contributed by atoms with Crippen molar-refractivity contribution in [2.75, 3.05) is 0 Å². The monoisotopic (exact) mass is 234 g/mol. The Hall–Kier alpha value is -2.15. The number of hydrogen-bond donors (Lipinski definition) is 0. The van der Waals surface area contributed by atoms with Crippen LogP contribution in [-0.2, 0) is 6.42 Å². The van der Waals surface area contributed by atoms with E-state index < -0.39 is 0 Å². The van der Waals surface area contributed by atoms with Crippen molar-refractivity contribution >= 4 is 11.9 Å². The van der Waals surface area contributed by atoms with Gasteiger partial charge in [-0.25, -0.2) is 0 Å². The largest absolute Gasteiger partial charge is 0.289 e. The number of Topliss-reactive ketones (excluding diaryl/α,β-unsaturated/α-hetero) is 1. The zero-order valence-electron chi connectivity index (χ0n) is 10.3. The number of carbonyl (C=O) groups excluding carboxylic acids is 1. The fraction of sp³-hybridized carbons (Fsp3) is 0.118. The maximum Gasteiger partial charge on any atom is 0.189 e. The molecule has 0 bridgehead atoms. The van der Waals surface area contributed by atoms with Crippen LogP contribution in [-0.4, -0.2) is 5.78 Å². The Balaban J connectivity index is 2.02. The topological polar surface area (TPSA) is 17.1 Å². The molecule has 0 saturated carbocycles. The minimum atomic E-state index is 0.175. The Bertz CT molecular complexity index is 650. The van der Waals surface area contributed by atoms with E-state index in [0.717, 1.165) is 28.7 Å². The van der Waals surface area contributed by atoms with Crippen molar-refractivity contribution in [1.29, 1.82) is 0 Å². The van der Waals surface area contributed by atoms with E-state index in [4.69, 9.17) is 0 Å². The second kappa shape index (κ2) is 4.26. The lowest BCUT2D eigenvalue weighted by Gasteiger charge is -2.00. The Morgan fingerprint density at radius 2 is 1.72 bits per heavy atom. The lowest BCUT2D eigenvalue weighted by atomic mass is 10.0. The van der Waals surface area contributed by atoms with E-state index in [1.54, 1.807) is 0 Å². The highest BCUT2D eigenvalue weighted by atomic mass is 16.1. The van der Waals surface area contributed by atoms with Crippen LogP contribution in [0.5, 0.6) is 0 Å². The van der Waals surface area contributed by atoms with Crippen LogP contribution in [0.3, 0.4) is 0 Å². The number of hydrogen-bond acceptors (Lipinski definition) is 1. The molecule has 0 saturated heterocycles. The number of benzene rings is 2. The molecule has 0 fully saturated rings. The Morgan fingerprint density at radius 3 is 2.50 bits per heavy atom. The van der Waals surface area contributed by atoms with E-state index in [9.17, 15) is 4.79 Å². The van der Waals surface area contributed by atoms with Crippen molar-refractivity contribution in [3.8, 4) is 0 Å². The zero-order valence-corrected chi connectivity index (χ0v) is 10.3. The molecule has 0 aromatic heterocycles. The molecule has 18 heavy (non-hydrogen) atoms. The van der Waals surface area contributed by atoms with Crippen LogP contribution in [0.2, 0.25) is 0 Å². The van der Waals surface area contributed by atoms with E-state index in [0.29, 0.717) is 0 Å². The minimum absolute atomic E-state index is 0.175. The van der Waals surface area contributed by atoms with Crippen LogP contribution in [0.4, 0.5) is 0 Å². The van der Waals surface area contributed by atoms with Crippen LogP contribution in [0.25, 0.3) is 6.08 Å².